The number of nitro groups is 1. The van der Waals surface area contributed by atoms with Gasteiger partial charge in [0.25, 0.3) is 11.6 Å². The first kappa shape index (κ1) is 20.2. The molecule has 1 N–H and O–H groups in total. The molecule has 1 fully saturated rings. The van der Waals surface area contributed by atoms with E-state index in [1.807, 2.05) is 31.2 Å². The molecule has 0 saturated carbocycles. The van der Waals surface area contributed by atoms with E-state index in [-0.39, 0.29) is 23.4 Å². The maximum atomic E-state index is 12.7. The highest BCUT2D eigenvalue weighted by atomic mass is 16.6. The Balaban J connectivity index is 1.54. The summed E-state index contributed by atoms with van der Waals surface area (Å²) in [7, 11) is 0. The molecule has 2 aromatic rings. The minimum atomic E-state index is -0.496. The number of nitrogens with one attached hydrogen (secondary N) is 1. The van der Waals surface area contributed by atoms with Crippen LogP contribution in [0.3, 0.4) is 0 Å². The third kappa shape index (κ3) is 4.84. The van der Waals surface area contributed by atoms with Crippen molar-refractivity contribution in [3.05, 3.63) is 75.3 Å². The van der Waals surface area contributed by atoms with E-state index < -0.39 is 4.92 Å². The van der Waals surface area contributed by atoms with Crippen LogP contribution in [-0.4, -0.2) is 40.9 Å². The molecule has 0 unspecified atom stereocenters. The Labute approximate surface area is 168 Å². The van der Waals surface area contributed by atoms with Gasteiger partial charge in [-0.1, -0.05) is 30.3 Å². The summed E-state index contributed by atoms with van der Waals surface area (Å²) in [6.45, 7) is 2.90. The molecule has 150 valence electrons. The van der Waals surface area contributed by atoms with Crippen LogP contribution in [0.5, 0.6) is 0 Å². The number of nitrogens with zero attached hydrogens (tertiary/aromatic N) is 3. The zero-order valence-corrected chi connectivity index (χ0v) is 16.1. The van der Waals surface area contributed by atoms with Gasteiger partial charge in [0.1, 0.15) is 0 Å². The first-order valence-corrected chi connectivity index (χ1v) is 9.38. The van der Waals surface area contributed by atoms with Gasteiger partial charge in [0.15, 0.2) is 0 Å². The molecule has 29 heavy (non-hydrogen) atoms. The number of likely N-dealkylation sites (tertiary alicyclic amines) is 1. The van der Waals surface area contributed by atoms with Gasteiger partial charge in [0.2, 0.25) is 5.91 Å². The van der Waals surface area contributed by atoms with Gasteiger partial charge in [-0.2, -0.15) is 5.10 Å². The fourth-order valence-corrected chi connectivity index (χ4v) is 3.35. The standard InChI is InChI=1S/C21H22N4O4/c1-15-6-2-4-8-18(15)21(27)24-12-10-16(11-13-24)20(26)23-22-14-17-7-3-5-9-19(17)25(28)29/h2-9,14,16H,10-13H2,1H3,(H,23,26)/b22-14-. The first-order chi connectivity index (χ1) is 14.0. The van der Waals surface area contributed by atoms with Gasteiger partial charge < -0.3 is 4.90 Å². The number of aryl methyl sites for hydroxylation is 1. The van der Waals surface area contributed by atoms with Gasteiger partial charge in [0, 0.05) is 30.6 Å². The molecule has 1 heterocycles. The maximum absolute atomic E-state index is 12.7. The summed E-state index contributed by atoms with van der Waals surface area (Å²) in [5.74, 6) is -0.516. The van der Waals surface area contributed by atoms with Gasteiger partial charge in [-0.05, 0) is 37.5 Å². The monoisotopic (exact) mass is 394 g/mol. The van der Waals surface area contributed by atoms with Crippen molar-refractivity contribution in [3.8, 4) is 0 Å². The van der Waals surface area contributed by atoms with Crippen molar-refractivity contribution >= 4 is 23.7 Å². The molecular weight excluding hydrogens is 372 g/mol. The van der Waals surface area contributed by atoms with E-state index >= 15 is 0 Å². The van der Waals surface area contributed by atoms with E-state index in [0.29, 0.717) is 37.1 Å². The molecule has 0 radical (unpaired) electrons. The number of carbonyl (C=O) groups is 2. The summed E-state index contributed by atoms with van der Waals surface area (Å²) >= 11 is 0. The van der Waals surface area contributed by atoms with Crippen LogP contribution in [-0.2, 0) is 4.79 Å². The second-order valence-corrected chi connectivity index (χ2v) is 6.93. The van der Waals surface area contributed by atoms with Crippen LogP contribution in [0.25, 0.3) is 0 Å². The zero-order valence-electron chi connectivity index (χ0n) is 16.1. The third-order valence-corrected chi connectivity index (χ3v) is 5.04. The summed E-state index contributed by atoms with van der Waals surface area (Å²) in [5, 5.41) is 14.9. The molecular formula is C21H22N4O4. The summed E-state index contributed by atoms with van der Waals surface area (Å²) in [6, 6.07) is 13.6. The van der Waals surface area contributed by atoms with Crippen LogP contribution in [0.4, 0.5) is 5.69 Å². The highest BCUT2D eigenvalue weighted by molar-refractivity contribution is 5.95. The predicted octanol–water partition coefficient (Wildman–Crippen LogP) is 2.91. The van der Waals surface area contributed by atoms with Gasteiger partial charge in [-0.25, -0.2) is 5.43 Å². The van der Waals surface area contributed by atoms with Crippen molar-refractivity contribution < 1.29 is 14.5 Å². The van der Waals surface area contributed by atoms with E-state index in [2.05, 4.69) is 10.5 Å². The van der Waals surface area contributed by atoms with Crippen molar-refractivity contribution in [1.82, 2.24) is 10.3 Å². The first-order valence-electron chi connectivity index (χ1n) is 9.38. The van der Waals surface area contributed by atoms with E-state index in [0.717, 1.165) is 5.56 Å². The molecule has 1 aliphatic rings. The number of benzene rings is 2. The van der Waals surface area contributed by atoms with Crippen LogP contribution >= 0.6 is 0 Å². The fraction of sp³-hybridized carbons (Fsp3) is 0.286. The Hall–Kier alpha value is -3.55. The summed E-state index contributed by atoms with van der Waals surface area (Å²) in [4.78, 5) is 37.3. The Kier molecular flexibility index (Phi) is 6.33. The van der Waals surface area contributed by atoms with Gasteiger partial charge >= 0.3 is 0 Å². The van der Waals surface area contributed by atoms with E-state index in [1.54, 1.807) is 23.1 Å². The van der Waals surface area contributed by atoms with E-state index in [4.69, 9.17) is 0 Å². The van der Waals surface area contributed by atoms with Crippen LogP contribution < -0.4 is 5.43 Å². The zero-order chi connectivity index (χ0) is 20.8. The van der Waals surface area contributed by atoms with E-state index in [9.17, 15) is 19.7 Å². The quantitative estimate of drug-likeness (QED) is 0.478. The van der Waals surface area contributed by atoms with Gasteiger partial charge in [-0.3, -0.25) is 19.7 Å². The number of piperidine rings is 1. The molecule has 0 bridgehead atoms. The molecule has 2 amide bonds. The third-order valence-electron chi connectivity index (χ3n) is 5.04. The minimum Gasteiger partial charge on any atom is -0.339 e. The summed E-state index contributed by atoms with van der Waals surface area (Å²) in [6.07, 6.45) is 2.36. The van der Waals surface area contributed by atoms with Crippen molar-refractivity contribution in [1.29, 1.82) is 0 Å². The number of hydrogen-bond acceptors (Lipinski definition) is 5. The summed E-state index contributed by atoms with van der Waals surface area (Å²) in [5.41, 5.74) is 4.31. The number of hydrazone groups is 1. The molecule has 0 aromatic heterocycles. The molecule has 0 aliphatic carbocycles. The van der Waals surface area contributed by atoms with Crippen molar-refractivity contribution in [2.45, 2.75) is 19.8 Å². The lowest BCUT2D eigenvalue weighted by Gasteiger charge is -2.31. The van der Waals surface area contributed by atoms with E-state index in [1.165, 1.54) is 12.3 Å². The lowest BCUT2D eigenvalue weighted by atomic mass is 9.95. The van der Waals surface area contributed by atoms with Crippen molar-refractivity contribution in [3.63, 3.8) is 0 Å². The highest BCUT2D eigenvalue weighted by Crippen LogP contribution is 2.20. The molecule has 3 rings (SSSR count). The number of carbonyl (C=O) groups excluding carboxylic acids is 2. The van der Waals surface area contributed by atoms with Crippen LogP contribution in [0, 0.1) is 23.0 Å². The molecule has 1 saturated heterocycles. The molecule has 1 aliphatic heterocycles. The number of rotatable bonds is 5. The Morgan fingerprint density at radius 1 is 1.14 bits per heavy atom. The minimum absolute atomic E-state index is 0.0173. The molecule has 0 atom stereocenters. The molecule has 8 heteroatoms. The second-order valence-electron chi connectivity index (χ2n) is 6.93. The molecule has 0 spiro atoms. The normalized spacial score (nSPS) is 14.7. The number of para-hydroxylation sites is 1. The number of nitro benzene ring substituents is 1. The Morgan fingerprint density at radius 3 is 2.48 bits per heavy atom. The Bertz CT molecular complexity index is 949. The lowest BCUT2D eigenvalue weighted by molar-refractivity contribution is -0.385. The SMILES string of the molecule is Cc1ccccc1C(=O)N1CCC(C(=O)N/N=C\c2ccccc2[N+](=O)[O-])CC1. The number of hydrogen-bond donors (Lipinski definition) is 1. The predicted molar refractivity (Wildman–Crippen MR) is 109 cm³/mol. The van der Waals surface area contributed by atoms with Gasteiger partial charge in [0.05, 0.1) is 16.7 Å². The topological polar surface area (TPSA) is 105 Å². The van der Waals surface area contributed by atoms with Crippen LogP contribution in [0.1, 0.15) is 34.3 Å². The van der Waals surface area contributed by atoms with Crippen LogP contribution in [0.2, 0.25) is 0 Å². The largest absolute Gasteiger partial charge is 0.339 e. The molecule has 8 nitrogen and oxygen atoms in total. The highest BCUT2D eigenvalue weighted by Gasteiger charge is 2.28. The van der Waals surface area contributed by atoms with Crippen LogP contribution in [0.15, 0.2) is 53.6 Å². The summed E-state index contributed by atoms with van der Waals surface area (Å²) < 4.78 is 0. The maximum Gasteiger partial charge on any atom is 0.278 e. The number of amides is 2. The van der Waals surface area contributed by atoms with Crippen molar-refractivity contribution in [2.75, 3.05) is 13.1 Å². The van der Waals surface area contributed by atoms with Crippen molar-refractivity contribution in [2.24, 2.45) is 11.0 Å². The fourth-order valence-electron chi connectivity index (χ4n) is 3.35. The Morgan fingerprint density at radius 2 is 1.79 bits per heavy atom. The molecule has 2 aromatic carbocycles. The smallest absolute Gasteiger partial charge is 0.278 e. The van der Waals surface area contributed by atoms with Gasteiger partial charge in [-0.15, -0.1) is 0 Å². The average molecular weight is 394 g/mol. The second kappa shape index (κ2) is 9.09. The lowest BCUT2D eigenvalue weighted by Crippen LogP contribution is -2.42. The average Bonchev–Trinajstić information content (AvgIpc) is 2.74.